The topological polar surface area (TPSA) is 88.2 Å². The minimum Gasteiger partial charge on any atom is -0.381 e. The van der Waals surface area contributed by atoms with Crippen molar-refractivity contribution >= 4 is 56.2 Å². The Kier molecular flexibility index (Phi) is 15.5. The summed E-state index contributed by atoms with van der Waals surface area (Å²) in [5.41, 5.74) is 7.61. The highest BCUT2D eigenvalue weighted by molar-refractivity contribution is 7.99. The van der Waals surface area contributed by atoms with Crippen LogP contribution in [0.2, 0.25) is 5.02 Å². The molecule has 1 atom stereocenters. The Morgan fingerprint density at radius 3 is 2.24 bits per heavy atom. The average Bonchev–Trinajstić information content (AvgIpc) is 3.26. The van der Waals surface area contributed by atoms with Crippen LogP contribution in [0.25, 0.3) is 5.57 Å². The molecular weight excluding hydrogens is 832 g/mol. The first-order valence-electron chi connectivity index (χ1n) is 22.3. The lowest BCUT2D eigenvalue weighted by atomic mass is 9.73. The number of sulfonamides is 1. The third kappa shape index (κ3) is 12.4. The zero-order valence-electron chi connectivity index (χ0n) is 37.2. The molecule has 2 fully saturated rings. The van der Waals surface area contributed by atoms with Crippen molar-refractivity contribution in [1.29, 1.82) is 0 Å². The summed E-state index contributed by atoms with van der Waals surface area (Å²) in [5.74, 6) is 0.237. The fraction of sp³-hybridized carbons (Fsp3) is 0.460. The van der Waals surface area contributed by atoms with Gasteiger partial charge in [0, 0.05) is 84.0 Å². The Balaban J connectivity index is 0.928. The zero-order valence-corrected chi connectivity index (χ0v) is 39.6. The highest BCUT2D eigenvalue weighted by Crippen LogP contribution is 2.43. The van der Waals surface area contributed by atoms with Crippen molar-refractivity contribution in [1.82, 2.24) is 19.4 Å². The van der Waals surface area contributed by atoms with Crippen molar-refractivity contribution in [2.45, 2.75) is 81.2 Å². The van der Waals surface area contributed by atoms with E-state index in [4.69, 9.17) is 11.6 Å². The van der Waals surface area contributed by atoms with Crippen LogP contribution in [0, 0.1) is 12.3 Å². The molecule has 4 aromatic carbocycles. The van der Waals surface area contributed by atoms with Gasteiger partial charge < -0.3 is 20.0 Å². The van der Waals surface area contributed by atoms with Crippen molar-refractivity contribution in [3.05, 3.63) is 124 Å². The van der Waals surface area contributed by atoms with E-state index in [-0.39, 0.29) is 16.4 Å². The largest absolute Gasteiger partial charge is 0.381 e. The van der Waals surface area contributed by atoms with Crippen LogP contribution in [0.15, 0.2) is 112 Å². The van der Waals surface area contributed by atoms with Crippen LogP contribution in [0.4, 0.5) is 11.4 Å². The van der Waals surface area contributed by atoms with Gasteiger partial charge in [-0.1, -0.05) is 61.4 Å². The summed E-state index contributed by atoms with van der Waals surface area (Å²) in [6.07, 6.45) is 6.71. The molecule has 0 spiro atoms. The van der Waals surface area contributed by atoms with Crippen LogP contribution in [-0.2, 0) is 10.0 Å². The molecule has 9 nitrogen and oxygen atoms in total. The van der Waals surface area contributed by atoms with Gasteiger partial charge in [0.15, 0.2) is 0 Å². The van der Waals surface area contributed by atoms with Crippen LogP contribution in [0.5, 0.6) is 0 Å². The number of piperazine rings is 1. The van der Waals surface area contributed by atoms with Crippen LogP contribution in [0.1, 0.15) is 73.9 Å². The van der Waals surface area contributed by atoms with E-state index >= 15 is 0 Å². The number of rotatable bonds is 16. The SMILES string of the molecule is Cc1cc(S(=O)(=O)NC(=O)c2ccc(N3CCN(CC4=C(c5ccc(Cl)cc5)CCC(C)(C)C4)CC3)cc2)ccc1N[C@H](CCN1CCC(N(C)C)CC1)CSc1ccccc1. The first-order chi connectivity index (χ1) is 29.7. The Bertz CT molecular complexity index is 2250. The van der Waals surface area contributed by atoms with E-state index < -0.39 is 15.9 Å². The van der Waals surface area contributed by atoms with Crippen molar-refractivity contribution in [3.63, 3.8) is 0 Å². The summed E-state index contributed by atoms with van der Waals surface area (Å²) in [5, 5.41) is 4.51. The number of aryl methyl sites for hydroxylation is 1. The number of anilines is 2. The van der Waals surface area contributed by atoms with Gasteiger partial charge in [-0.3, -0.25) is 9.69 Å². The number of allylic oxidation sites excluding steroid dienone is 1. The number of amides is 1. The molecule has 4 aromatic rings. The minimum atomic E-state index is -4.10. The number of thioether (sulfide) groups is 1. The summed E-state index contributed by atoms with van der Waals surface area (Å²) in [6.45, 7) is 14.5. The lowest BCUT2D eigenvalue weighted by Crippen LogP contribution is -2.47. The summed E-state index contributed by atoms with van der Waals surface area (Å²) < 4.78 is 29.4. The molecule has 2 heterocycles. The molecule has 3 aliphatic rings. The van der Waals surface area contributed by atoms with E-state index in [1.807, 2.05) is 55.1 Å². The van der Waals surface area contributed by atoms with Gasteiger partial charge in [-0.05, 0) is 161 Å². The normalized spacial score (nSPS) is 18.5. The molecule has 0 radical (unpaired) electrons. The lowest BCUT2D eigenvalue weighted by Gasteiger charge is -2.39. The average molecular weight is 898 g/mol. The number of halogens is 1. The fourth-order valence-corrected chi connectivity index (χ4v) is 11.3. The maximum absolute atomic E-state index is 13.6. The summed E-state index contributed by atoms with van der Waals surface area (Å²) in [4.78, 5) is 24.4. The first kappa shape index (κ1) is 46.2. The summed E-state index contributed by atoms with van der Waals surface area (Å²) in [7, 11) is 0.238. The number of carbonyl (C=O) groups is 1. The van der Waals surface area contributed by atoms with Crippen LogP contribution >= 0.6 is 23.4 Å². The number of benzene rings is 4. The van der Waals surface area contributed by atoms with E-state index in [1.54, 1.807) is 24.3 Å². The van der Waals surface area contributed by atoms with Crippen LogP contribution in [-0.4, -0.2) is 113 Å². The molecule has 7 rings (SSSR count). The molecule has 62 heavy (non-hydrogen) atoms. The smallest absolute Gasteiger partial charge is 0.264 e. The molecule has 2 N–H and O–H groups in total. The molecule has 332 valence electrons. The van der Waals surface area contributed by atoms with Gasteiger partial charge in [0.2, 0.25) is 0 Å². The van der Waals surface area contributed by atoms with Gasteiger partial charge in [0.25, 0.3) is 15.9 Å². The molecule has 1 aliphatic carbocycles. The van der Waals surface area contributed by atoms with E-state index in [0.29, 0.717) is 11.6 Å². The van der Waals surface area contributed by atoms with Gasteiger partial charge in [0.05, 0.1) is 4.90 Å². The summed E-state index contributed by atoms with van der Waals surface area (Å²) in [6, 6.07) is 31.9. The van der Waals surface area contributed by atoms with Crippen molar-refractivity contribution in [2.75, 3.05) is 82.4 Å². The van der Waals surface area contributed by atoms with Crippen LogP contribution < -0.4 is 14.9 Å². The Labute approximate surface area is 380 Å². The molecule has 0 aromatic heterocycles. The predicted molar refractivity (Wildman–Crippen MR) is 259 cm³/mol. The molecule has 2 aliphatic heterocycles. The second kappa shape index (κ2) is 20.8. The molecule has 0 saturated carbocycles. The lowest BCUT2D eigenvalue weighted by molar-refractivity contribution is 0.0981. The van der Waals surface area contributed by atoms with Gasteiger partial charge >= 0.3 is 0 Å². The Morgan fingerprint density at radius 1 is 0.887 bits per heavy atom. The standard InChI is InChI=1S/C50H65ClN6O3S2/c1-37-33-46(19-20-48(37)52-42(36-61-45-9-7-6-8-10-45)22-26-55-27-23-43(24-28-55)54(4)5)62(59,60)53-49(58)39-13-17-44(18-14-39)57-31-29-56(30-32-57)35-40-34-50(2,3)25-21-47(40)38-11-15-41(51)16-12-38/h6-20,33,42-43,52H,21-32,34-36H2,1-5H3,(H,53,58)/t42-/m1/s1. The fourth-order valence-electron chi connectivity index (χ4n) is 9.16. The van der Waals surface area contributed by atoms with E-state index in [2.05, 4.69) is 94.0 Å². The monoisotopic (exact) mass is 896 g/mol. The molecular formula is C50H65ClN6O3S2. The molecule has 1 amide bonds. The van der Waals surface area contributed by atoms with Gasteiger partial charge in [-0.15, -0.1) is 11.8 Å². The number of hydrogen-bond donors (Lipinski definition) is 2. The Hall–Kier alpha value is -3.84. The van der Waals surface area contributed by atoms with Gasteiger partial charge in [0.1, 0.15) is 0 Å². The zero-order chi connectivity index (χ0) is 43.9. The molecule has 12 heteroatoms. The highest BCUT2D eigenvalue weighted by Gasteiger charge is 2.30. The van der Waals surface area contributed by atoms with Crippen molar-refractivity contribution in [2.24, 2.45) is 5.41 Å². The number of piperidine rings is 1. The maximum Gasteiger partial charge on any atom is 0.264 e. The first-order valence-corrected chi connectivity index (χ1v) is 25.1. The predicted octanol–water partition coefficient (Wildman–Crippen LogP) is 9.54. The summed E-state index contributed by atoms with van der Waals surface area (Å²) >= 11 is 8.05. The number of nitrogens with zero attached hydrogens (tertiary/aromatic N) is 4. The van der Waals surface area contributed by atoms with Gasteiger partial charge in [-0.2, -0.15) is 0 Å². The van der Waals surface area contributed by atoms with Crippen LogP contribution in [0.3, 0.4) is 0 Å². The molecule has 0 bridgehead atoms. The highest BCUT2D eigenvalue weighted by atomic mass is 35.5. The third-order valence-corrected chi connectivity index (χ3v) is 15.8. The number of carbonyl (C=O) groups excluding carboxylic acids is 1. The number of nitrogens with one attached hydrogen (secondary N) is 2. The second-order valence-electron chi connectivity index (χ2n) is 18.4. The maximum atomic E-state index is 13.6. The van der Waals surface area contributed by atoms with E-state index in [9.17, 15) is 13.2 Å². The minimum absolute atomic E-state index is 0.0650. The van der Waals surface area contributed by atoms with E-state index in [1.165, 1.54) is 40.9 Å². The number of likely N-dealkylation sites (tertiary alicyclic amines) is 1. The molecule has 2 saturated heterocycles. The third-order valence-electron chi connectivity index (χ3n) is 13.0. The van der Waals surface area contributed by atoms with Gasteiger partial charge in [-0.25, -0.2) is 13.1 Å². The Morgan fingerprint density at radius 2 is 1.58 bits per heavy atom. The molecule has 0 unspecified atom stereocenters. The second-order valence-corrected chi connectivity index (χ2v) is 21.7. The van der Waals surface area contributed by atoms with Crippen molar-refractivity contribution in [3.8, 4) is 0 Å². The van der Waals surface area contributed by atoms with Crippen molar-refractivity contribution < 1.29 is 13.2 Å². The quantitative estimate of drug-likeness (QED) is 0.107. The van der Waals surface area contributed by atoms with E-state index in [0.717, 1.165) is 99.3 Å². The number of hydrogen-bond acceptors (Lipinski definition) is 9.